The normalized spacial score (nSPS) is 12.0. The first kappa shape index (κ1) is 7.80. The Labute approximate surface area is 48.2 Å². The lowest BCUT2D eigenvalue weighted by Gasteiger charge is -2.18. The molecule has 0 bridgehead atoms. The molecule has 50 valence electrons. The highest BCUT2D eigenvalue weighted by Gasteiger charge is 2.12. The summed E-state index contributed by atoms with van der Waals surface area (Å²) in [6.07, 6.45) is -1.26. The second kappa shape index (κ2) is 2.95. The molecule has 5 nitrogen and oxygen atoms in total. The van der Waals surface area contributed by atoms with Crippen LogP contribution < -0.4 is 28.7 Å². The molecule has 0 radical (unpaired) electrons. The number of hydrogen-bond acceptors (Lipinski definition) is 5. The van der Waals surface area contributed by atoms with Gasteiger partial charge in [-0.05, 0) is 0 Å². The zero-order chi connectivity index (χ0) is 6.73. The maximum Gasteiger partial charge on any atom is 0.0705 e. The average Bonchev–Trinajstić information content (AvgIpc) is 1.64. The van der Waals surface area contributed by atoms with Gasteiger partial charge >= 0.3 is 0 Å². The second-order valence-corrected chi connectivity index (χ2v) is 1.73. The standard InChI is InChI=1S/C3H13N5/c4-1(2(5)6)3(7)8/h1-3H,4-8H2. The first-order valence-electron chi connectivity index (χ1n) is 2.33. The van der Waals surface area contributed by atoms with Crippen molar-refractivity contribution < 1.29 is 0 Å². The van der Waals surface area contributed by atoms with E-state index in [-0.39, 0.29) is 0 Å². The fraction of sp³-hybridized carbons (Fsp3) is 1.00. The van der Waals surface area contributed by atoms with Gasteiger partial charge in [-0.3, -0.25) is 0 Å². The molecule has 0 saturated carbocycles. The zero-order valence-corrected chi connectivity index (χ0v) is 4.62. The zero-order valence-electron chi connectivity index (χ0n) is 4.62. The van der Waals surface area contributed by atoms with Crippen molar-refractivity contribution in [1.82, 2.24) is 0 Å². The molecule has 0 aliphatic heterocycles. The van der Waals surface area contributed by atoms with Crippen LogP contribution in [-0.4, -0.2) is 18.4 Å². The van der Waals surface area contributed by atoms with E-state index in [1.807, 2.05) is 0 Å². The van der Waals surface area contributed by atoms with Gasteiger partial charge in [0.05, 0.1) is 18.4 Å². The molecule has 0 unspecified atom stereocenters. The van der Waals surface area contributed by atoms with Crippen molar-refractivity contribution in [2.24, 2.45) is 28.7 Å². The Hall–Kier alpha value is -0.200. The summed E-state index contributed by atoms with van der Waals surface area (Å²) in [6, 6.07) is -0.519. The van der Waals surface area contributed by atoms with Crippen LogP contribution in [0.4, 0.5) is 0 Å². The van der Waals surface area contributed by atoms with E-state index >= 15 is 0 Å². The topological polar surface area (TPSA) is 130 Å². The van der Waals surface area contributed by atoms with Gasteiger partial charge in [-0.2, -0.15) is 0 Å². The monoisotopic (exact) mass is 119 g/mol. The van der Waals surface area contributed by atoms with Crippen molar-refractivity contribution in [1.29, 1.82) is 0 Å². The molecule has 0 aromatic heterocycles. The summed E-state index contributed by atoms with van der Waals surface area (Å²) < 4.78 is 0. The van der Waals surface area contributed by atoms with E-state index in [0.29, 0.717) is 0 Å². The maximum absolute atomic E-state index is 5.26. The van der Waals surface area contributed by atoms with Crippen molar-refractivity contribution in [3.8, 4) is 0 Å². The van der Waals surface area contributed by atoms with E-state index in [9.17, 15) is 0 Å². The Morgan fingerprint density at radius 1 is 0.625 bits per heavy atom. The molecule has 0 heterocycles. The van der Waals surface area contributed by atoms with E-state index in [2.05, 4.69) is 0 Å². The highest BCUT2D eigenvalue weighted by Crippen LogP contribution is 1.76. The molecule has 0 aliphatic rings. The fourth-order valence-electron chi connectivity index (χ4n) is 0.257. The molecular weight excluding hydrogens is 106 g/mol. The molecular formula is C3H13N5. The van der Waals surface area contributed by atoms with E-state index in [1.165, 1.54) is 0 Å². The molecule has 0 aromatic rings. The van der Waals surface area contributed by atoms with Gasteiger partial charge in [0.15, 0.2) is 0 Å². The molecule has 10 N–H and O–H groups in total. The molecule has 0 atom stereocenters. The summed E-state index contributed by atoms with van der Waals surface area (Å²) in [5, 5.41) is 0. The van der Waals surface area contributed by atoms with E-state index in [0.717, 1.165) is 0 Å². The van der Waals surface area contributed by atoms with Gasteiger partial charge in [0.2, 0.25) is 0 Å². The number of rotatable bonds is 2. The highest BCUT2D eigenvalue weighted by molar-refractivity contribution is 4.76. The van der Waals surface area contributed by atoms with Crippen LogP contribution >= 0.6 is 0 Å². The van der Waals surface area contributed by atoms with Crippen molar-refractivity contribution >= 4 is 0 Å². The summed E-state index contributed by atoms with van der Waals surface area (Å²) in [7, 11) is 0. The van der Waals surface area contributed by atoms with Crippen LogP contribution in [0.5, 0.6) is 0 Å². The van der Waals surface area contributed by atoms with E-state index in [1.54, 1.807) is 0 Å². The fourth-order valence-corrected chi connectivity index (χ4v) is 0.257. The lowest BCUT2D eigenvalue weighted by Crippen LogP contribution is -2.60. The smallest absolute Gasteiger partial charge is 0.0705 e. The van der Waals surface area contributed by atoms with Gasteiger partial charge in [0.1, 0.15) is 0 Å². The van der Waals surface area contributed by atoms with Crippen LogP contribution in [0.25, 0.3) is 0 Å². The van der Waals surface area contributed by atoms with Crippen LogP contribution in [-0.2, 0) is 0 Å². The Kier molecular flexibility index (Phi) is 2.88. The molecule has 8 heavy (non-hydrogen) atoms. The van der Waals surface area contributed by atoms with E-state index < -0.39 is 18.4 Å². The summed E-state index contributed by atoms with van der Waals surface area (Å²) in [6.45, 7) is 0. The minimum atomic E-state index is -0.630. The van der Waals surface area contributed by atoms with Crippen LogP contribution in [0.15, 0.2) is 0 Å². The third-order valence-corrected chi connectivity index (χ3v) is 0.889. The minimum absolute atomic E-state index is 0.519. The first-order chi connectivity index (χ1) is 3.55. The van der Waals surface area contributed by atoms with Crippen molar-refractivity contribution in [3.63, 3.8) is 0 Å². The lowest BCUT2D eigenvalue weighted by atomic mass is 10.2. The molecule has 0 aromatic carbocycles. The molecule has 0 saturated heterocycles. The maximum atomic E-state index is 5.26. The molecule has 0 fully saturated rings. The van der Waals surface area contributed by atoms with Gasteiger partial charge in [-0.15, -0.1) is 0 Å². The Morgan fingerprint density at radius 3 is 0.875 bits per heavy atom. The van der Waals surface area contributed by atoms with Gasteiger partial charge in [0, 0.05) is 0 Å². The van der Waals surface area contributed by atoms with Crippen molar-refractivity contribution in [3.05, 3.63) is 0 Å². The summed E-state index contributed by atoms with van der Waals surface area (Å²) in [5.41, 5.74) is 25.8. The van der Waals surface area contributed by atoms with Crippen LogP contribution in [0.1, 0.15) is 0 Å². The number of hydrogen-bond donors (Lipinski definition) is 5. The largest absolute Gasteiger partial charge is 0.323 e. The first-order valence-corrected chi connectivity index (χ1v) is 2.33. The van der Waals surface area contributed by atoms with Gasteiger partial charge in [0.25, 0.3) is 0 Å². The molecule has 0 amide bonds. The van der Waals surface area contributed by atoms with Crippen molar-refractivity contribution in [2.75, 3.05) is 0 Å². The molecule has 0 aliphatic carbocycles. The highest BCUT2D eigenvalue weighted by atomic mass is 15.0. The summed E-state index contributed by atoms with van der Waals surface area (Å²) in [5.74, 6) is 0. The van der Waals surface area contributed by atoms with Gasteiger partial charge in [-0.25, -0.2) is 0 Å². The predicted octanol–water partition coefficient (Wildman–Crippen LogP) is -3.20. The molecule has 5 heteroatoms. The number of nitrogens with two attached hydrogens (primary N) is 5. The predicted molar refractivity (Wildman–Crippen MR) is 32.3 cm³/mol. The summed E-state index contributed by atoms with van der Waals surface area (Å²) in [4.78, 5) is 0. The third kappa shape index (κ3) is 2.20. The van der Waals surface area contributed by atoms with Crippen LogP contribution in [0.3, 0.4) is 0 Å². The second-order valence-electron chi connectivity index (χ2n) is 1.73. The Morgan fingerprint density at radius 2 is 0.875 bits per heavy atom. The third-order valence-electron chi connectivity index (χ3n) is 0.889. The summed E-state index contributed by atoms with van der Waals surface area (Å²) >= 11 is 0. The van der Waals surface area contributed by atoms with E-state index in [4.69, 9.17) is 28.7 Å². The van der Waals surface area contributed by atoms with Crippen LogP contribution in [0.2, 0.25) is 0 Å². The van der Waals surface area contributed by atoms with Gasteiger partial charge in [-0.1, -0.05) is 0 Å². The van der Waals surface area contributed by atoms with Gasteiger partial charge < -0.3 is 28.7 Å². The van der Waals surface area contributed by atoms with Crippen molar-refractivity contribution in [2.45, 2.75) is 18.4 Å². The lowest BCUT2D eigenvalue weighted by molar-refractivity contribution is 0.459. The molecule has 0 rings (SSSR count). The Balaban J connectivity index is 3.46. The minimum Gasteiger partial charge on any atom is -0.323 e. The average molecular weight is 119 g/mol. The quantitative estimate of drug-likeness (QED) is 0.244. The van der Waals surface area contributed by atoms with Crippen LogP contribution in [0, 0.1) is 0 Å². The molecule has 0 spiro atoms. The SMILES string of the molecule is NC(N)C(N)C(N)N. The Bertz CT molecular complexity index is 52.7.